The van der Waals surface area contributed by atoms with Gasteiger partial charge in [0.1, 0.15) is 11.6 Å². The molecule has 82 valence electrons. The maximum atomic E-state index is 11.6. The van der Waals surface area contributed by atoms with Crippen LogP contribution in [0.3, 0.4) is 0 Å². The maximum absolute atomic E-state index is 11.6. The molecule has 0 radical (unpaired) electrons. The number of amides is 1. The van der Waals surface area contributed by atoms with Gasteiger partial charge < -0.3 is 9.84 Å². The van der Waals surface area contributed by atoms with E-state index in [9.17, 15) is 9.59 Å². The molecule has 0 aliphatic carbocycles. The first-order valence-electron chi connectivity index (χ1n) is 5.61. The van der Waals surface area contributed by atoms with Crippen LogP contribution in [0.15, 0.2) is 0 Å². The lowest BCUT2D eigenvalue weighted by atomic mass is 10.2. The first kappa shape index (κ1) is 8.08. The van der Waals surface area contributed by atoms with Crippen LogP contribution in [0, 0.1) is 0 Å². The van der Waals surface area contributed by atoms with Crippen molar-refractivity contribution < 1.29 is 23.5 Å². The molecule has 0 rings (SSSR count). The van der Waals surface area contributed by atoms with Gasteiger partial charge in [-0.25, -0.2) is 9.59 Å². The standard InChI is InChI=1S/C9H17NO4/c1-6(7(11)12)10(5)8(13)14-9(2,3)4/h6H,1-5H3,(H,11,12)/t6-/m1/s1/i5D3. The van der Waals surface area contributed by atoms with Gasteiger partial charge in [-0.3, -0.25) is 4.90 Å². The van der Waals surface area contributed by atoms with Crippen molar-refractivity contribution in [3.05, 3.63) is 0 Å². The zero-order valence-electron chi connectivity index (χ0n) is 11.7. The Labute approximate surface area is 87.9 Å². The van der Waals surface area contributed by atoms with Gasteiger partial charge in [0.15, 0.2) is 0 Å². The molecule has 0 unspecified atom stereocenters. The topological polar surface area (TPSA) is 66.8 Å². The fourth-order valence-corrected chi connectivity index (χ4v) is 0.580. The molecule has 14 heavy (non-hydrogen) atoms. The number of rotatable bonds is 2. The minimum Gasteiger partial charge on any atom is -0.480 e. The molecule has 1 N–H and O–H groups in total. The minimum atomic E-state index is -2.86. The summed E-state index contributed by atoms with van der Waals surface area (Å²) in [5.41, 5.74) is -0.890. The Morgan fingerprint density at radius 2 is 2.00 bits per heavy atom. The summed E-state index contributed by atoms with van der Waals surface area (Å²) >= 11 is 0. The maximum Gasteiger partial charge on any atom is 0.410 e. The summed E-state index contributed by atoms with van der Waals surface area (Å²) in [5.74, 6) is -1.41. The van der Waals surface area contributed by atoms with Gasteiger partial charge in [-0.05, 0) is 27.7 Å². The predicted molar refractivity (Wildman–Crippen MR) is 51.1 cm³/mol. The summed E-state index contributed by atoms with van der Waals surface area (Å²) in [4.78, 5) is 22.6. The number of carboxylic acid groups (broad SMARTS) is 1. The molecule has 0 aliphatic heterocycles. The van der Waals surface area contributed by atoms with Gasteiger partial charge in [-0.15, -0.1) is 0 Å². The Morgan fingerprint density at radius 1 is 1.50 bits per heavy atom. The second kappa shape index (κ2) is 4.30. The van der Waals surface area contributed by atoms with Crippen molar-refractivity contribution in [1.82, 2.24) is 4.90 Å². The molecule has 5 heteroatoms. The average Bonchev–Trinajstić information content (AvgIpc) is 1.96. The van der Waals surface area contributed by atoms with E-state index >= 15 is 0 Å². The van der Waals surface area contributed by atoms with E-state index in [0.717, 1.165) is 6.92 Å². The number of carbonyl (C=O) groups excluding carboxylic acids is 1. The van der Waals surface area contributed by atoms with Crippen molar-refractivity contribution in [2.75, 3.05) is 6.98 Å². The number of hydrogen-bond acceptors (Lipinski definition) is 3. The van der Waals surface area contributed by atoms with E-state index in [4.69, 9.17) is 14.0 Å². The zero-order chi connectivity index (χ0) is 14.0. The normalized spacial score (nSPS) is 17.3. The van der Waals surface area contributed by atoms with Gasteiger partial charge in [-0.2, -0.15) is 0 Å². The highest BCUT2D eigenvalue weighted by Gasteiger charge is 2.26. The highest BCUT2D eigenvalue weighted by Crippen LogP contribution is 2.10. The molecule has 0 saturated carbocycles. The summed E-state index contributed by atoms with van der Waals surface area (Å²) in [6.07, 6.45) is -1.17. The van der Waals surface area contributed by atoms with Crippen LogP contribution in [0.25, 0.3) is 0 Å². The number of likely N-dealkylation sites (N-methyl/N-ethyl adjacent to an activating group) is 1. The summed E-state index contributed by atoms with van der Waals surface area (Å²) in [5, 5.41) is 8.76. The summed E-state index contributed by atoms with van der Waals surface area (Å²) in [6.45, 7) is 2.94. The Balaban J connectivity index is 5.09. The summed E-state index contributed by atoms with van der Waals surface area (Å²) in [7, 11) is 0. The van der Waals surface area contributed by atoms with Crippen LogP contribution < -0.4 is 0 Å². The number of hydrogen-bond donors (Lipinski definition) is 1. The van der Waals surface area contributed by atoms with Crippen LogP contribution in [-0.4, -0.2) is 40.7 Å². The Bertz CT molecular complexity index is 308. The van der Waals surface area contributed by atoms with Gasteiger partial charge in [0, 0.05) is 11.1 Å². The molecule has 0 aromatic rings. The molecule has 0 aliphatic rings. The smallest absolute Gasteiger partial charge is 0.410 e. The Hall–Kier alpha value is -1.26. The molecule has 0 heterocycles. The van der Waals surface area contributed by atoms with Gasteiger partial charge in [-0.1, -0.05) is 0 Å². The van der Waals surface area contributed by atoms with Gasteiger partial charge in [0.05, 0.1) is 0 Å². The van der Waals surface area contributed by atoms with E-state index in [2.05, 4.69) is 0 Å². The van der Waals surface area contributed by atoms with Gasteiger partial charge in [0.25, 0.3) is 0 Å². The van der Waals surface area contributed by atoms with Crippen LogP contribution >= 0.6 is 0 Å². The van der Waals surface area contributed by atoms with Crippen molar-refractivity contribution in [3.63, 3.8) is 0 Å². The third kappa shape index (κ3) is 4.11. The fraction of sp³-hybridized carbons (Fsp3) is 0.778. The molecule has 0 aromatic carbocycles. The van der Waals surface area contributed by atoms with Crippen LogP contribution in [0.2, 0.25) is 0 Å². The number of nitrogens with zero attached hydrogens (tertiary/aromatic N) is 1. The largest absolute Gasteiger partial charge is 0.480 e. The third-order valence-corrected chi connectivity index (χ3v) is 1.33. The third-order valence-electron chi connectivity index (χ3n) is 1.33. The monoisotopic (exact) mass is 206 g/mol. The molecule has 1 amide bonds. The fourth-order valence-electron chi connectivity index (χ4n) is 0.580. The summed E-state index contributed by atoms with van der Waals surface area (Å²) < 4.78 is 26.3. The quantitative estimate of drug-likeness (QED) is 0.740. The molecule has 0 spiro atoms. The van der Waals surface area contributed by atoms with E-state index in [1.807, 2.05) is 0 Å². The first-order chi connectivity index (χ1) is 7.36. The molecular weight excluding hydrogens is 186 g/mol. The SMILES string of the molecule is [2H]C([2H])([2H])N(C(=O)OC(C)(C)C)[C@H](C)C(=O)O. The lowest BCUT2D eigenvalue weighted by Gasteiger charge is -2.26. The predicted octanol–water partition coefficient (Wildman–Crippen LogP) is 1.33. The van der Waals surface area contributed by atoms with Crippen molar-refractivity contribution in [3.8, 4) is 0 Å². The second-order valence-corrected chi connectivity index (χ2v) is 3.86. The lowest BCUT2D eigenvalue weighted by molar-refractivity contribution is -0.141. The van der Waals surface area contributed by atoms with Crippen molar-refractivity contribution in [2.45, 2.75) is 39.3 Å². The summed E-state index contributed by atoms with van der Waals surface area (Å²) in [6, 6.07) is -1.49. The zero-order valence-corrected chi connectivity index (χ0v) is 8.70. The Morgan fingerprint density at radius 3 is 2.29 bits per heavy atom. The molecule has 0 saturated heterocycles. The van der Waals surface area contributed by atoms with Gasteiger partial charge >= 0.3 is 12.1 Å². The highest BCUT2D eigenvalue weighted by atomic mass is 16.6. The van der Waals surface area contributed by atoms with Crippen molar-refractivity contribution in [1.29, 1.82) is 0 Å². The van der Waals surface area contributed by atoms with E-state index in [0.29, 0.717) is 0 Å². The molecule has 0 fully saturated rings. The van der Waals surface area contributed by atoms with Crippen molar-refractivity contribution in [2.24, 2.45) is 0 Å². The van der Waals surface area contributed by atoms with Crippen LogP contribution in [0.5, 0.6) is 0 Å². The lowest BCUT2D eigenvalue weighted by Crippen LogP contribution is -2.43. The number of aliphatic carboxylic acids is 1. The molecular formula is C9H17NO4. The van der Waals surface area contributed by atoms with Crippen LogP contribution in [0.1, 0.15) is 31.8 Å². The number of carbonyl (C=O) groups is 2. The first-order valence-corrected chi connectivity index (χ1v) is 4.11. The molecule has 1 atom stereocenters. The van der Waals surface area contributed by atoms with E-state index < -0.39 is 30.7 Å². The van der Waals surface area contributed by atoms with E-state index in [1.165, 1.54) is 0 Å². The van der Waals surface area contributed by atoms with Gasteiger partial charge in [0.2, 0.25) is 0 Å². The van der Waals surface area contributed by atoms with E-state index in [-0.39, 0.29) is 4.90 Å². The minimum absolute atomic E-state index is 0.237. The second-order valence-electron chi connectivity index (χ2n) is 3.86. The average molecular weight is 206 g/mol. The highest BCUT2D eigenvalue weighted by molar-refractivity contribution is 5.79. The van der Waals surface area contributed by atoms with Crippen LogP contribution in [0.4, 0.5) is 4.79 Å². The van der Waals surface area contributed by atoms with Crippen molar-refractivity contribution >= 4 is 12.1 Å². The molecule has 0 aromatic heterocycles. The molecule has 0 bridgehead atoms. The van der Waals surface area contributed by atoms with E-state index in [1.54, 1.807) is 20.8 Å². The number of carboxylic acids is 1. The Kier molecular flexibility index (Phi) is 2.48. The number of ether oxygens (including phenoxy) is 1. The molecule has 5 nitrogen and oxygen atoms in total. The van der Waals surface area contributed by atoms with Crippen LogP contribution in [-0.2, 0) is 9.53 Å².